The summed E-state index contributed by atoms with van der Waals surface area (Å²) in [6, 6.07) is 9.10. The summed E-state index contributed by atoms with van der Waals surface area (Å²) in [4.78, 5) is 5.06. The highest BCUT2D eigenvalue weighted by atomic mass is 32.1. The Labute approximate surface area is 117 Å². The van der Waals surface area contributed by atoms with Crippen molar-refractivity contribution in [2.24, 2.45) is 0 Å². The number of likely N-dealkylation sites (N-methyl/N-ethyl adjacent to an activating group) is 1. The average Bonchev–Trinajstić information content (AvgIpc) is 3.06. The van der Waals surface area contributed by atoms with Gasteiger partial charge in [0.05, 0.1) is 0 Å². The van der Waals surface area contributed by atoms with Crippen LogP contribution in [0.15, 0.2) is 41.1 Å². The van der Waals surface area contributed by atoms with Gasteiger partial charge in [0.1, 0.15) is 0 Å². The first-order valence-electron chi connectivity index (χ1n) is 6.22. The van der Waals surface area contributed by atoms with E-state index in [0.717, 1.165) is 6.54 Å². The van der Waals surface area contributed by atoms with Crippen molar-refractivity contribution in [3.63, 3.8) is 0 Å². The molecule has 0 aliphatic carbocycles. The zero-order valence-electron chi connectivity index (χ0n) is 11.1. The molecule has 1 nitrogen and oxygen atoms in total. The van der Waals surface area contributed by atoms with Crippen LogP contribution in [0, 0.1) is 0 Å². The molecule has 96 valence electrons. The van der Waals surface area contributed by atoms with E-state index >= 15 is 0 Å². The highest BCUT2D eigenvalue weighted by Crippen LogP contribution is 2.31. The summed E-state index contributed by atoms with van der Waals surface area (Å²) >= 11 is 3.62. The van der Waals surface area contributed by atoms with Crippen molar-refractivity contribution in [2.45, 2.75) is 19.9 Å². The lowest BCUT2D eigenvalue weighted by atomic mass is 10.1. The molecule has 0 N–H and O–H groups in total. The van der Waals surface area contributed by atoms with Crippen molar-refractivity contribution in [3.05, 3.63) is 50.9 Å². The SMILES string of the molecule is CCN(C)[C@@H](C)C=C(c1cccs1)c1cccs1. The van der Waals surface area contributed by atoms with Crippen LogP contribution in [0.1, 0.15) is 23.6 Å². The van der Waals surface area contributed by atoms with Gasteiger partial charge in [0.15, 0.2) is 0 Å². The van der Waals surface area contributed by atoms with Gasteiger partial charge in [-0.3, -0.25) is 0 Å². The molecule has 0 fully saturated rings. The first-order chi connectivity index (χ1) is 8.72. The molecule has 0 radical (unpaired) electrons. The Morgan fingerprint density at radius 2 is 1.78 bits per heavy atom. The van der Waals surface area contributed by atoms with Crippen molar-refractivity contribution >= 4 is 28.2 Å². The third-order valence-electron chi connectivity index (χ3n) is 3.18. The van der Waals surface area contributed by atoms with E-state index in [1.54, 1.807) is 0 Å². The smallest absolute Gasteiger partial charge is 0.0354 e. The summed E-state index contributed by atoms with van der Waals surface area (Å²) in [5.74, 6) is 0. The summed E-state index contributed by atoms with van der Waals surface area (Å²) in [6.45, 7) is 5.52. The van der Waals surface area contributed by atoms with Crippen molar-refractivity contribution in [3.8, 4) is 0 Å². The van der Waals surface area contributed by atoms with Crippen LogP contribution >= 0.6 is 22.7 Å². The van der Waals surface area contributed by atoms with E-state index in [0.29, 0.717) is 6.04 Å². The number of thiophene rings is 2. The van der Waals surface area contributed by atoms with Gasteiger partial charge in [0.25, 0.3) is 0 Å². The van der Waals surface area contributed by atoms with E-state index in [1.807, 2.05) is 22.7 Å². The van der Waals surface area contributed by atoms with E-state index in [-0.39, 0.29) is 0 Å². The minimum absolute atomic E-state index is 0.453. The second-order valence-corrected chi connectivity index (χ2v) is 6.24. The molecule has 2 aromatic rings. The predicted molar refractivity (Wildman–Crippen MR) is 83.5 cm³/mol. The number of hydrogen-bond donors (Lipinski definition) is 0. The van der Waals surface area contributed by atoms with Gasteiger partial charge in [-0.25, -0.2) is 0 Å². The summed E-state index contributed by atoms with van der Waals surface area (Å²) in [5.41, 5.74) is 1.37. The van der Waals surface area contributed by atoms with Crippen LogP contribution in [-0.4, -0.2) is 24.5 Å². The largest absolute Gasteiger partial charge is 0.300 e. The number of hydrogen-bond acceptors (Lipinski definition) is 3. The summed E-state index contributed by atoms with van der Waals surface area (Å²) < 4.78 is 0. The third kappa shape index (κ3) is 3.10. The van der Waals surface area contributed by atoms with Gasteiger partial charge in [-0.15, -0.1) is 22.7 Å². The van der Waals surface area contributed by atoms with E-state index in [2.05, 4.69) is 66.9 Å². The normalized spacial score (nSPS) is 12.7. The molecule has 18 heavy (non-hydrogen) atoms. The molecule has 1 atom stereocenters. The van der Waals surface area contributed by atoms with Crippen molar-refractivity contribution in [1.29, 1.82) is 0 Å². The zero-order valence-corrected chi connectivity index (χ0v) is 12.7. The molecular weight excluding hydrogens is 258 g/mol. The van der Waals surface area contributed by atoms with Crippen LogP contribution in [0.3, 0.4) is 0 Å². The van der Waals surface area contributed by atoms with Crippen LogP contribution in [0.25, 0.3) is 5.57 Å². The van der Waals surface area contributed by atoms with Gasteiger partial charge in [0, 0.05) is 21.4 Å². The lowest BCUT2D eigenvalue weighted by molar-refractivity contribution is 0.314. The standard InChI is InChI=1S/C15H19NS2/c1-4-16(3)12(2)11-13(14-7-5-9-17-14)15-8-6-10-18-15/h5-12H,4H2,1-3H3/t12-/m0/s1. The highest BCUT2D eigenvalue weighted by molar-refractivity contribution is 7.13. The molecule has 0 aliphatic rings. The molecule has 0 saturated carbocycles. The Kier molecular flexibility index (Phi) is 4.75. The fourth-order valence-electron chi connectivity index (χ4n) is 1.81. The Bertz CT molecular complexity index is 446. The maximum Gasteiger partial charge on any atom is 0.0354 e. The highest BCUT2D eigenvalue weighted by Gasteiger charge is 2.11. The van der Waals surface area contributed by atoms with Gasteiger partial charge in [-0.1, -0.05) is 25.1 Å². The molecule has 2 rings (SSSR count). The molecule has 0 bridgehead atoms. The summed E-state index contributed by atoms with van der Waals surface area (Å²) in [7, 11) is 2.17. The van der Waals surface area contributed by atoms with E-state index in [4.69, 9.17) is 0 Å². The first-order valence-corrected chi connectivity index (χ1v) is 7.98. The lowest BCUT2D eigenvalue weighted by Gasteiger charge is -2.21. The predicted octanol–water partition coefficient (Wildman–Crippen LogP) is 4.58. The van der Waals surface area contributed by atoms with Gasteiger partial charge >= 0.3 is 0 Å². The van der Waals surface area contributed by atoms with Crippen LogP contribution in [0.5, 0.6) is 0 Å². The topological polar surface area (TPSA) is 3.24 Å². The van der Waals surface area contributed by atoms with Crippen molar-refractivity contribution in [2.75, 3.05) is 13.6 Å². The van der Waals surface area contributed by atoms with E-state index in [9.17, 15) is 0 Å². The molecule has 0 amide bonds. The van der Waals surface area contributed by atoms with Gasteiger partial charge in [-0.05, 0) is 43.4 Å². The second kappa shape index (κ2) is 6.32. The zero-order chi connectivity index (χ0) is 13.0. The number of nitrogens with zero attached hydrogens (tertiary/aromatic N) is 1. The molecule has 0 aliphatic heterocycles. The minimum Gasteiger partial charge on any atom is -0.300 e. The Morgan fingerprint density at radius 3 is 2.17 bits per heavy atom. The molecule has 3 heteroatoms. The van der Waals surface area contributed by atoms with Gasteiger partial charge in [-0.2, -0.15) is 0 Å². The molecular formula is C15H19NS2. The Morgan fingerprint density at radius 1 is 1.22 bits per heavy atom. The van der Waals surface area contributed by atoms with Crippen LogP contribution in [0.4, 0.5) is 0 Å². The fourth-order valence-corrected chi connectivity index (χ4v) is 3.40. The molecule has 0 saturated heterocycles. The van der Waals surface area contributed by atoms with Gasteiger partial charge in [0.2, 0.25) is 0 Å². The van der Waals surface area contributed by atoms with Crippen molar-refractivity contribution < 1.29 is 0 Å². The van der Waals surface area contributed by atoms with Crippen molar-refractivity contribution in [1.82, 2.24) is 4.90 Å². The molecule has 2 aromatic heterocycles. The quantitative estimate of drug-likeness (QED) is 0.773. The molecule has 0 unspecified atom stereocenters. The Hall–Kier alpha value is -0.900. The first kappa shape index (κ1) is 13.5. The fraction of sp³-hybridized carbons (Fsp3) is 0.333. The summed E-state index contributed by atoms with van der Waals surface area (Å²) in [5, 5.41) is 4.29. The average molecular weight is 277 g/mol. The monoisotopic (exact) mass is 277 g/mol. The second-order valence-electron chi connectivity index (χ2n) is 4.35. The molecule has 0 spiro atoms. The van der Waals surface area contributed by atoms with Crippen LogP contribution in [0.2, 0.25) is 0 Å². The van der Waals surface area contributed by atoms with Gasteiger partial charge < -0.3 is 4.90 Å². The third-order valence-corrected chi connectivity index (χ3v) is 4.98. The summed E-state index contributed by atoms with van der Waals surface area (Å²) in [6.07, 6.45) is 2.38. The molecule has 2 heterocycles. The minimum atomic E-state index is 0.453. The maximum atomic E-state index is 2.38. The van der Waals surface area contributed by atoms with E-state index in [1.165, 1.54) is 15.3 Å². The van der Waals surface area contributed by atoms with Crippen LogP contribution < -0.4 is 0 Å². The lowest BCUT2D eigenvalue weighted by Crippen LogP contribution is -2.27. The molecule has 0 aromatic carbocycles. The number of rotatable bonds is 5. The van der Waals surface area contributed by atoms with Crippen LogP contribution in [-0.2, 0) is 0 Å². The van der Waals surface area contributed by atoms with E-state index < -0.39 is 0 Å². The maximum absolute atomic E-state index is 2.38. The Balaban J connectivity index is 2.34.